The molecule has 1 aromatic rings. The second kappa shape index (κ2) is 10.6. The molecule has 4 atom stereocenters. The third kappa shape index (κ3) is 6.66. The van der Waals surface area contributed by atoms with Crippen LogP contribution >= 0.6 is 0 Å². The highest BCUT2D eigenvalue weighted by atomic mass is 19.4. The van der Waals surface area contributed by atoms with Gasteiger partial charge in [0.05, 0.1) is 19.3 Å². The van der Waals surface area contributed by atoms with Gasteiger partial charge in [0.2, 0.25) is 0 Å². The fourth-order valence-corrected chi connectivity index (χ4v) is 2.85. The largest absolute Gasteiger partial charge is 0.471 e. The number of rotatable bonds is 7. The highest BCUT2D eigenvalue weighted by Crippen LogP contribution is 2.30. The predicted octanol–water partition coefficient (Wildman–Crippen LogP) is -0.386. The first-order valence-electron chi connectivity index (χ1n) is 9.29. The summed E-state index contributed by atoms with van der Waals surface area (Å²) < 4.78 is 54.1. The van der Waals surface area contributed by atoms with Crippen LogP contribution in [0.2, 0.25) is 0 Å². The Balaban J connectivity index is 2.16. The lowest BCUT2D eigenvalue weighted by Crippen LogP contribution is -2.37. The molecule has 1 aromatic heterocycles. The van der Waals surface area contributed by atoms with Crippen molar-refractivity contribution in [1.82, 2.24) is 14.9 Å². The number of carbonyl (C=O) groups is 1. The number of nitrogens with zero attached hydrogens (tertiary/aromatic N) is 1. The SMILES string of the molecule is CCO[C@@H](C)OC1C[C@H](n2cc(C#CCNC(=O)C(F)(F)F)c(=O)[nH]c2=O)O[C@@H]1CO. The molecule has 1 fully saturated rings. The minimum atomic E-state index is -5.05. The van der Waals surface area contributed by atoms with E-state index < -0.39 is 54.6 Å². The van der Waals surface area contributed by atoms with Crippen LogP contribution in [0.15, 0.2) is 15.8 Å². The van der Waals surface area contributed by atoms with Gasteiger partial charge in [-0.15, -0.1) is 0 Å². The smallest absolute Gasteiger partial charge is 0.394 e. The van der Waals surface area contributed by atoms with E-state index in [4.69, 9.17) is 14.2 Å². The predicted molar refractivity (Wildman–Crippen MR) is 98.8 cm³/mol. The van der Waals surface area contributed by atoms with E-state index >= 15 is 0 Å². The lowest BCUT2D eigenvalue weighted by Gasteiger charge is -2.21. The molecule has 0 saturated carbocycles. The van der Waals surface area contributed by atoms with Crippen LogP contribution in [0.3, 0.4) is 0 Å². The van der Waals surface area contributed by atoms with Crippen molar-refractivity contribution in [1.29, 1.82) is 0 Å². The average molecular weight is 449 g/mol. The van der Waals surface area contributed by atoms with Gasteiger partial charge < -0.3 is 24.6 Å². The molecular weight excluding hydrogens is 427 g/mol. The second-order valence-corrected chi connectivity index (χ2v) is 6.44. The van der Waals surface area contributed by atoms with E-state index in [0.29, 0.717) is 6.61 Å². The number of nitrogens with one attached hydrogen (secondary N) is 2. The van der Waals surface area contributed by atoms with Crippen molar-refractivity contribution >= 4 is 5.91 Å². The van der Waals surface area contributed by atoms with Crippen LogP contribution in [-0.4, -0.2) is 65.0 Å². The van der Waals surface area contributed by atoms with Gasteiger partial charge in [-0.2, -0.15) is 13.2 Å². The van der Waals surface area contributed by atoms with Crippen LogP contribution in [0.4, 0.5) is 13.2 Å². The van der Waals surface area contributed by atoms with Crippen LogP contribution in [0.1, 0.15) is 32.1 Å². The van der Waals surface area contributed by atoms with Crippen LogP contribution in [-0.2, 0) is 19.0 Å². The lowest BCUT2D eigenvalue weighted by atomic mass is 10.2. The Labute approximate surface area is 174 Å². The Kier molecular flexibility index (Phi) is 8.40. The summed E-state index contributed by atoms with van der Waals surface area (Å²) >= 11 is 0. The van der Waals surface area contributed by atoms with Crippen molar-refractivity contribution in [2.75, 3.05) is 19.8 Å². The minimum Gasteiger partial charge on any atom is -0.394 e. The Morgan fingerprint density at radius 2 is 2.19 bits per heavy atom. The van der Waals surface area contributed by atoms with Crippen molar-refractivity contribution in [2.24, 2.45) is 0 Å². The van der Waals surface area contributed by atoms with Gasteiger partial charge in [0.25, 0.3) is 5.56 Å². The van der Waals surface area contributed by atoms with Crippen LogP contribution < -0.4 is 16.6 Å². The summed E-state index contributed by atoms with van der Waals surface area (Å²) in [5.74, 6) is 2.35. The number of aromatic nitrogens is 2. The maximum absolute atomic E-state index is 12.2. The monoisotopic (exact) mass is 449 g/mol. The number of aromatic amines is 1. The highest BCUT2D eigenvalue weighted by molar-refractivity contribution is 5.81. The first-order valence-corrected chi connectivity index (χ1v) is 9.29. The summed E-state index contributed by atoms with van der Waals surface area (Å²) in [7, 11) is 0. The maximum atomic E-state index is 12.2. The van der Waals surface area contributed by atoms with Crippen molar-refractivity contribution in [2.45, 2.75) is 51.2 Å². The molecule has 2 rings (SSSR count). The van der Waals surface area contributed by atoms with Gasteiger partial charge in [-0.05, 0) is 13.8 Å². The molecule has 1 amide bonds. The van der Waals surface area contributed by atoms with Crippen LogP contribution in [0.25, 0.3) is 0 Å². The molecule has 0 bridgehead atoms. The minimum absolute atomic E-state index is 0.156. The van der Waals surface area contributed by atoms with E-state index in [1.807, 2.05) is 4.98 Å². The second-order valence-electron chi connectivity index (χ2n) is 6.44. The normalized spacial score (nSPS) is 21.9. The number of amides is 1. The highest BCUT2D eigenvalue weighted by Gasteiger charge is 2.39. The van der Waals surface area contributed by atoms with Gasteiger partial charge in [-0.1, -0.05) is 11.8 Å². The summed E-state index contributed by atoms with van der Waals surface area (Å²) in [5, 5.41) is 11.1. The van der Waals surface area contributed by atoms with E-state index in [0.717, 1.165) is 10.8 Å². The molecule has 1 aliphatic heterocycles. The molecule has 3 N–H and O–H groups in total. The van der Waals surface area contributed by atoms with Crippen molar-refractivity contribution in [3.8, 4) is 11.8 Å². The van der Waals surface area contributed by atoms with Gasteiger partial charge in [0.1, 0.15) is 17.9 Å². The first kappa shape index (κ1) is 24.6. The number of hydrogen-bond acceptors (Lipinski definition) is 7. The number of aliphatic hydroxyl groups is 1. The summed E-state index contributed by atoms with van der Waals surface area (Å²) in [6.07, 6.45) is -6.62. The quantitative estimate of drug-likeness (QED) is 0.382. The van der Waals surface area contributed by atoms with Gasteiger partial charge in [-0.3, -0.25) is 19.1 Å². The number of alkyl halides is 3. The molecule has 0 aliphatic carbocycles. The molecule has 13 heteroatoms. The van der Waals surface area contributed by atoms with Gasteiger partial charge >= 0.3 is 17.8 Å². The summed E-state index contributed by atoms with van der Waals surface area (Å²) in [6, 6.07) is 0. The topological polar surface area (TPSA) is 132 Å². The zero-order valence-corrected chi connectivity index (χ0v) is 16.7. The molecule has 10 nitrogen and oxygen atoms in total. The molecule has 1 saturated heterocycles. The lowest BCUT2D eigenvalue weighted by molar-refractivity contribution is -0.173. The molecule has 0 radical (unpaired) electrons. The maximum Gasteiger partial charge on any atom is 0.471 e. The van der Waals surface area contributed by atoms with E-state index in [1.165, 1.54) is 0 Å². The van der Waals surface area contributed by atoms with Gasteiger partial charge in [0.15, 0.2) is 6.29 Å². The van der Waals surface area contributed by atoms with Crippen LogP contribution in [0, 0.1) is 11.8 Å². The zero-order chi connectivity index (χ0) is 23.2. The third-order valence-corrected chi connectivity index (χ3v) is 4.22. The standard InChI is InChI=1S/C18H22F3N3O7/c1-3-29-10(2)30-12-7-14(31-13(12)9-25)24-8-11(15(26)23-17(24)28)5-4-6-22-16(27)18(19,20)21/h8,10,12-14,25H,3,6-7,9H2,1-2H3,(H,22,27)(H,23,26,28)/t10-,12?,13-,14-/m1/s1. The molecule has 0 spiro atoms. The number of halogens is 3. The summed E-state index contributed by atoms with van der Waals surface area (Å²) in [6.45, 7) is 2.82. The fourth-order valence-electron chi connectivity index (χ4n) is 2.85. The molecule has 0 aromatic carbocycles. The molecule has 1 aliphatic rings. The number of carbonyl (C=O) groups excluding carboxylic acids is 1. The Morgan fingerprint density at radius 1 is 1.48 bits per heavy atom. The summed E-state index contributed by atoms with van der Waals surface area (Å²) in [4.78, 5) is 36.9. The fraction of sp³-hybridized carbons (Fsp3) is 0.611. The number of H-pyrrole nitrogens is 1. The number of hydrogen-bond donors (Lipinski definition) is 3. The molecule has 172 valence electrons. The first-order chi connectivity index (χ1) is 14.6. The van der Waals surface area contributed by atoms with Gasteiger partial charge in [-0.25, -0.2) is 4.79 Å². The Hall–Kier alpha value is -2.66. The van der Waals surface area contributed by atoms with Crippen molar-refractivity contribution in [3.63, 3.8) is 0 Å². The Bertz CT molecular complexity index is 948. The number of ether oxygens (including phenoxy) is 3. The average Bonchev–Trinajstić information content (AvgIpc) is 3.08. The van der Waals surface area contributed by atoms with E-state index in [2.05, 4.69) is 11.8 Å². The van der Waals surface area contributed by atoms with Crippen molar-refractivity contribution in [3.05, 3.63) is 32.6 Å². The van der Waals surface area contributed by atoms with Crippen LogP contribution in [0.5, 0.6) is 0 Å². The Morgan fingerprint density at radius 3 is 2.81 bits per heavy atom. The molecular formula is C18H22F3N3O7. The molecule has 1 unspecified atom stereocenters. The van der Waals surface area contributed by atoms with E-state index in [-0.39, 0.29) is 18.6 Å². The van der Waals surface area contributed by atoms with E-state index in [1.54, 1.807) is 19.2 Å². The van der Waals surface area contributed by atoms with E-state index in [9.17, 15) is 32.7 Å². The summed E-state index contributed by atoms with van der Waals surface area (Å²) in [5.41, 5.74) is -1.89. The number of aliphatic hydroxyl groups excluding tert-OH is 1. The zero-order valence-electron chi connectivity index (χ0n) is 16.7. The molecule has 31 heavy (non-hydrogen) atoms. The van der Waals surface area contributed by atoms with Gasteiger partial charge in [0, 0.05) is 19.2 Å². The third-order valence-electron chi connectivity index (χ3n) is 4.22. The molecule has 2 heterocycles. The van der Waals surface area contributed by atoms with Crippen molar-refractivity contribution < 1.29 is 37.3 Å².